The monoisotopic (exact) mass is 485 g/mol. The first-order chi connectivity index (χ1) is 17.3. The van der Waals surface area contributed by atoms with Crippen LogP contribution in [0.3, 0.4) is 0 Å². The quantitative estimate of drug-likeness (QED) is 0.498. The van der Waals surface area contributed by atoms with Gasteiger partial charge in [-0.3, -0.25) is 9.59 Å². The van der Waals surface area contributed by atoms with Crippen molar-refractivity contribution in [2.24, 2.45) is 5.41 Å². The number of hydrogen-bond donors (Lipinski definition) is 2. The number of nitrogens with zero attached hydrogens (tertiary/aromatic N) is 1. The summed E-state index contributed by atoms with van der Waals surface area (Å²) in [5.41, 5.74) is 4.09. The molecule has 1 aromatic heterocycles. The number of furan rings is 1. The van der Waals surface area contributed by atoms with Crippen LogP contribution in [0.25, 0.3) is 0 Å². The second kappa shape index (κ2) is 9.57. The molecule has 3 aromatic rings. The summed E-state index contributed by atoms with van der Waals surface area (Å²) in [5, 5.41) is 6.57. The molecule has 0 bridgehead atoms. The molecule has 7 nitrogen and oxygen atoms in total. The van der Waals surface area contributed by atoms with Crippen LogP contribution in [0.5, 0.6) is 5.75 Å². The lowest BCUT2D eigenvalue weighted by Crippen LogP contribution is -2.41. The second-order valence-corrected chi connectivity index (χ2v) is 10.1. The van der Waals surface area contributed by atoms with Gasteiger partial charge in [0.05, 0.1) is 31.3 Å². The zero-order valence-corrected chi connectivity index (χ0v) is 20.8. The number of amides is 1. The van der Waals surface area contributed by atoms with Gasteiger partial charge < -0.3 is 24.7 Å². The average molecular weight is 486 g/mol. The normalized spacial score (nSPS) is 18.6. The van der Waals surface area contributed by atoms with Crippen molar-refractivity contribution in [2.45, 2.75) is 39.3 Å². The number of carbonyl (C=O) groups excluding carboxylic acids is 2. The number of para-hydroxylation sites is 2. The molecule has 0 fully saturated rings. The van der Waals surface area contributed by atoms with E-state index >= 15 is 0 Å². The molecule has 5 rings (SSSR count). The van der Waals surface area contributed by atoms with Crippen LogP contribution < -0.4 is 20.3 Å². The van der Waals surface area contributed by atoms with Crippen molar-refractivity contribution in [1.29, 1.82) is 0 Å². The van der Waals surface area contributed by atoms with E-state index in [1.165, 1.54) is 0 Å². The van der Waals surface area contributed by atoms with Crippen molar-refractivity contribution in [3.8, 4) is 5.75 Å². The summed E-state index contributed by atoms with van der Waals surface area (Å²) >= 11 is 0. The van der Waals surface area contributed by atoms with Crippen molar-refractivity contribution >= 4 is 23.1 Å². The highest BCUT2D eigenvalue weighted by Crippen LogP contribution is 2.48. The van der Waals surface area contributed by atoms with Crippen molar-refractivity contribution in [2.75, 3.05) is 23.9 Å². The maximum Gasteiger partial charge on any atom is 0.239 e. The molecular formula is C29H31N3O4. The summed E-state index contributed by atoms with van der Waals surface area (Å²) in [6, 6.07) is 18.6. The first kappa shape index (κ1) is 23.7. The molecule has 7 heteroatoms. The molecule has 1 amide bonds. The smallest absolute Gasteiger partial charge is 0.239 e. The zero-order chi connectivity index (χ0) is 25.3. The van der Waals surface area contributed by atoms with E-state index < -0.39 is 6.04 Å². The number of benzene rings is 2. The Bertz CT molecular complexity index is 1290. The third-order valence-electron chi connectivity index (χ3n) is 6.78. The number of fused-ring (bicyclic) bond motifs is 1. The number of allylic oxidation sites excluding steroid dienone is 1. The van der Waals surface area contributed by atoms with E-state index in [4.69, 9.17) is 9.15 Å². The minimum atomic E-state index is -0.513. The van der Waals surface area contributed by atoms with Gasteiger partial charge >= 0.3 is 0 Å². The molecule has 0 radical (unpaired) electrons. The predicted molar refractivity (Wildman–Crippen MR) is 139 cm³/mol. The van der Waals surface area contributed by atoms with Gasteiger partial charge in [0.15, 0.2) is 5.78 Å². The summed E-state index contributed by atoms with van der Waals surface area (Å²) in [5.74, 6) is 1.33. The lowest BCUT2D eigenvalue weighted by Gasteiger charge is -2.36. The number of rotatable bonds is 6. The lowest BCUT2D eigenvalue weighted by molar-refractivity contribution is -0.121. The molecule has 2 aliphatic rings. The molecule has 0 spiro atoms. The van der Waals surface area contributed by atoms with Crippen molar-refractivity contribution < 1.29 is 18.7 Å². The number of hydrogen-bond acceptors (Lipinski definition) is 6. The van der Waals surface area contributed by atoms with E-state index in [1.54, 1.807) is 13.4 Å². The van der Waals surface area contributed by atoms with Gasteiger partial charge in [-0.1, -0.05) is 38.1 Å². The highest BCUT2D eigenvalue weighted by Gasteiger charge is 2.42. The van der Waals surface area contributed by atoms with E-state index in [9.17, 15) is 9.59 Å². The topological polar surface area (TPSA) is 83.8 Å². The molecular weight excluding hydrogens is 454 g/mol. The fraction of sp³-hybridized carbons (Fsp3) is 0.310. The fourth-order valence-corrected chi connectivity index (χ4v) is 5.12. The highest BCUT2D eigenvalue weighted by molar-refractivity contribution is 6.01. The molecule has 36 heavy (non-hydrogen) atoms. The van der Waals surface area contributed by atoms with Crippen molar-refractivity contribution in [3.05, 3.63) is 89.5 Å². The fourth-order valence-electron chi connectivity index (χ4n) is 5.12. The first-order valence-electron chi connectivity index (χ1n) is 12.2. The molecule has 2 aromatic carbocycles. The van der Waals surface area contributed by atoms with E-state index in [-0.39, 0.29) is 23.7 Å². The number of ether oxygens (including phenoxy) is 1. The summed E-state index contributed by atoms with van der Waals surface area (Å²) in [4.78, 5) is 28.8. The Morgan fingerprint density at radius 3 is 2.61 bits per heavy atom. The van der Waals surface area contributed by atoms with Gasteiger partial charge in [0.25, 0.3) is 0 Å². The van der Waals surface area contributed by atoms with E-state index in [0.29, 0.717) is 24.3 Å². The molecule has 1 atom stereocenters. The Hall–Kier alpha value is -4.00. The van der Waals surface area contributed by atoms with Crippen LogP contribution in [0.1, 0.15) is 44.1 Å². The number of methoxy groups -OCH3 is 1. The van der Waals surface area contributed by atoms with Crippen LogP contribution in [0.2, 0.25) is 0 Å². The van der Waals surface area contributed by atoms with Crippen LogP contribution in [-0.4, -0.2) is 25.3 Å². The standard InChI is InChI=1S/C29H31N3O4/c1-29(2)15-22-27(24(33)16-29)28(25-9-6-14-36-25)32(23-8-5-4-7-21(23)31-22)18-26(34)30-17-19-10-12-20(35-3)13-11-19/h4-14,28,31H,15-18H2,1-3H3,(H,30,34)/t28-/m1/s1. The van der Waals surface area contributed by atoms with Gasteiger partial charge in [0.2, 0.25) is 5.91 Å². The van der Waals surface area contributed by atoms with Crippen LogP contribution in [0.4, 0.5) is 11.4 Å². The van der Waals surface area contributed by atoms with Crippen LogP contribution in [0, 0.1) is 5.41 Å². The largest absolute Gasteiger partial charge is 0.497 e. The molecule has 1 aliphatic heterocycles. The Morgan fingerprint density at radius 1 is 1.11 bits per heavy atom. The Kier molecular flexibility index (Phi) is 6.31. The number of carbonyl (C=O) groups is 2. The van der Waals surface area contributed by atoms with E-state index in [2.05, 4.69) is 24.5 Å². The maximum atomic E-state index is 13.6. The average Bonchev–Trinajstić information content (AvgIpc) is 3.34. The van der Waals surface area contributed by atoms with Crippen molar-refractivity contribution in [3.63, 3.8) is 0 Å². The third kappa shape index (κ3) is 4.73. The van der Waals surface area contributed by atoms with Gasteiger partial charge in [-0.15, -0.1) is 0 Å². The van der Waals surface area contributed by atoms with Crippen molar-refractivity contribution in [1.82, 2.24) is 5.32 Å². The Balaban J connectivity index is 1.49. The van der Waals surface area contributed by atoms with Gasteiger partial charge in [0.1, 0.15) is 17.6 Å². The van der Waals surface area contributed by atoms with Gasteiger partial charge in [0, 0.05) is 24.2 Å². The van der Waals surface area contributed by atoms with E-state index in [1.807, 2.05) is 65.6 Å². The minimum Gasteiger partial charge on any atom is -0.497 e. The van der Waals surface area contributed by atoms with Gasteiger partial charge in [-0.25, -0.2) is 0 Å². The maximum absolute atomic E-state index is 13.6. The highest BCUT2D eigenvalue weighted by atomic mass is 16.5. The lowest BCUT2D eigenvalue weighted by atomic mass is 9.74. The summed E-state index contributed by atoms with van der Waals surface area (Å²) in [6.07, 6.45) is 2.79. The van der Waals surface area contributed by atoms with Crippen LogP contribution in [-0.2, 0) is 16.1 Å². The molecule has 0 saturated heterocycles. The van der Waals surface area contributed by atoms with Crippen LogP contribution in [0.15, 0.2) is 82.6 Å². The van der Waals surface area contributed by atoms with Gasteiger partial charge in [-0.05, 0) is 53.8 Å². The SMILES string of the molecule is COc1ccc(CNC(=O)CN2c3ccccc3NC3=C(C(=O)CC(C)(C)C3)[C@H]2c2ccco2)cc1. The predicted octanol–water partition coefficient (Wildman–Crippen LogP) is 5.22. The first-order valence-corrected chi connectivity index (χ1v) is 12.2. The number of Topliss-reactive ketones (excluding diaryl/α,β-unsaturated/α-hetero) is 1. The van der Waals surface area contributed by atoms with E-state index in [0.717, 1.165) is 34.8 Å². The Labute approximate surface area is 211 Å². The molecule has 2 N–H and O–H groups in total. The van der Waals surface area contributed by atoms with Crippen LogP contribution >= 0.6 is 0 Å². The minimum absolute atomic E-state index is 0.0632. The molecule has 1 aliphatic carbocycles. The summed E-state index contributed by atoms with van der Waals surface area (Å²) in [6.45, 7) is 4.68. The second-order valence-electron chi connectivity index (χ2n) is 10.1. The third-order valence-corrected chi connectivity index (χ3v) is 6.78. The molecule has 0 saturated carbocycles. The molecule has 0 unspecified atom stereocenters. The van der Waals surface area contributed by atoms with Gasteiger partial charge in [-0.2, -0.15) is 0 Å². The number of anilines is 2. The Morgan fingerprint density at radius 2 is 1.89 bits per heavy atom. The summed E-state index contributed by atoms with van der Waals surface area (Å²) < 4.78 is 11.1. The summed E-state index contributed by atoms with van der Waals surface area (Å²) in [7, 11) is 1.62. The zero-order valence-electron chi connectivity index (χ0n) is 20.8. The number of nitrogens with one attached hydrogen (secondary N) is 2. The number of ketones is 1. The molecule has 186 valence electrons. The molecule has 2 heterocycles.